The molecule has 59 heavy (non-hydrogen) atoms. The summed E-state index contributed by atoms with van der Waals surface area (Å²) in [7, 11) is 0. The lowest BCUT2D eigenvalue weighted by molar-refractivity contribution is 1.28. The number of benzene rings is 11. The quantitative estimate of drug-likeness (QED) is 0.147. The van der Waals surface area contributed by atoms with E-state index in [-0.39, 0.29) is 0 Å². The Kier molecular flexibility index (Phi) is 8.56. The largest absolute Gasteiger partial charge is 0.310 e. The van der Waals surface area contributed by atoms with E-state index in [2.05, 4.69) is 241 Å². The second-order valence-electron chi connectivity index (χ2n) is 15.3. The summed E-state index contributed by atoms with van der Waals surface area (Å²) >= 11 is 0. The highest BCUT2D eigenvalue weighted by molar-refractivity contribution is 6.15. The highest BCUT2D eigenvalue weighted by atomic mass is 15.1. The molecule has 0 N–H and O–H groups in total. The molecule has 11 rings (SSSR count). The Morgan fingerprint density at radius 1 is 0.203 bits per heavy atom. The van der Waals surface area contributed by atoms with Crippen molar-refractivity contribution in [1.29, 1.82) is 0 Å². The van der Waals surface area contributed by atoms with Crippen LogP contribution in [0, 0.1) is 0 Å². The zero-order chi connectivity index (χ0) is 39.1. The summed E-state index contributed by atoms with van der Waals surface area (Å²) in [6.07, 6.45) is 0. The number of hydrogen-bond donors (Lipinski definition) is 0. The van der Waals surface area contributed by atoms with Crippen LogP contribution in [-0.2, 0) is 0 Å². The van der Waals surface area contributed by atoms with Gasteiger partial charge in [0.2, 0.25) is 0 Å². The summed E-state index contributed by atoms with van der Waals surface area (Å²) in [4.78, 5) is 2.42. The second-order valence-corrected chi connectivity index (χ2v) is 15.3. The van der Waals surface area contributed by atoms with E-state index >= 15 is 0 Å². The maximum atomic E-state index is 2.42. The van der Waals surface area contributed by atoms with Crippen LogP contribution in [0.2, 0.25) is 0 Å². The Bertz CT molecular complexity index is 3310. The lowest BCUT2D eigenvalue weighted by Gasteiger charge is -2.28. The molecule has 0 unspecified atom stereocenters. The smallest absolute Gasteiger partial charge is 0.0468 e. The fourth-order valence-electron chi connectivity index (χ4n) is 9.04. The first-order chi connectivity index (χ1) is 29.3. The maximum absolute atomic E-state index is 2.42. The number of anilines is 3. The molecule has 0 atom stereocenters. The van der Waals surface area contributed by atoms with Crippen molar-refractivity contribution in [2.24, 2.45) is 0 Å². The van der Waals surface area contributed by atoms with Crippen LogP contribution < -0.4 is 4.90 Å². The zero-order valence-electron chi connectivity index (χ0n) is 32.5. The van der Waals surface area contributed by atoms with Gasteiger partial charge in [0, 0.05) is 17.1 Å². The monoisotopic (exact) mass is 749 g/mol. The van der Waals surface area contributed by atoms with Gasteiger partial charge in [0.05, 0.1) is 0 Å². The van der Waals surface area contributed by atoms with E-state index in [1.807, 2.05) is 0 Å². The van der Waals surface area contributed by atoms with Crippen LogP contribution in [0.5, 0.6) is 0 Å². The summed E-state index contributed by atoms with van der Waals surface area (Å²) in [6, 6.07) is 86.4. The van der Waals surface area contributed by atoms with Gasteiger partial charge in [0.1, 0.15) is 0 Å². The molecule has 0 saturated carbocycles. The standard InChI is InChI=1S/C58H39N/c1-2-15-40(16-3-1)41-31-33-46(34-32-41)59(47-23-12-22-44(37-47)51-29-13-20-42-17-4-7-24-49(42)51)48-35-36-56(58(39-48)54-30-14-21-43-18-5-8-25-50(43)54)57-38-45-19-6-9-26-52(45)53-27-10-11-28-55(53)57/h1-39H. The maximum Gasteiger partial charge on any atom is 0.0468 e. The van der Waals surface area contributed by atoms with E-state index in [1.165, 1.54) is 87.6 Å². The van der Waals surface area contributed by atoms with Crippen LogP contribution in [0.15, 0.2) is 237 Å². The predicted octanol–water partition coefficient (Wildman–Crippen LogP) is 16.4. The van der Waals surface area contributed by atoms with Crippen molar-refractivity contribution in [1.82, 2.24) is 0 Å². The average molecular weight is 750 g/mol. The molecule has 0 amide bonds. The lowest BCUT2D eigenvalue weighted by Crippen LogP contribution is -2.10. The van der Waals surface area contributed by atoms with Crippen molar-refractivity contribution >= 4 is 60.2 Å². The molecular weight excluding hydrogens is 711 g/mol. The number of nitrogens with zero attached hydrogens (tertiary/aromatic N) is 1. The van der Waals surface area contributed by atoms with E-state index < -0.39 is 0 Å². The first-order valence-electron chi connectivity index (χ1n) is 20.3. The third-order valence-corrected chi connectivity index (χ3v) is 11.8. The Morgan fingerprint density at radius 3 is 1.46 bits per heavy atom. The van der Waals surface area contributed by atoms with Crippen molar-refractivity contribution < 1.29 is 0 Å². The van der Waals surface area contributed by atoms with Crippen LogP contribution in [0.25, 0.3) is 87.6 Å². The zero-order valence-corrected chi connectivity index (χ0v) is 32.5. The third kappa shape index (κ3) is 6.21. The molecule has 0 aliphatic heterocycles. The van der Waals surface area contributed by atoms with E-state index in [1.54, 1.807) is 0 Å². The summed E-state index contributed by atoms with van der Waals surface area (Å²) in [6.45, 7) is 0. The average Bonchev–Trinajstić information content (AvgIpc) is 3.31. The molecule has 0 fully saturated rings. The SMILES string of the molecule is c1ccc(-c2ccc(N(c3cccc(-c4cccc5ccccc45)c3)c3ccc(-c4cc5ccccc5c5ccccc45)c(-c4cccc5ccccc45)c3)cc2)cc1. The lowest BCUT2D eigenvalue weighted by atomic mass is 9.87. The molecule has 276 valence electrons. The van der Waals surface area contributed by atoms with Gasteiger partial charge in [-0.3, -0.25) is 0 Å². The molecule has 0 heterocycles. The highest BCUT2D eigenvalue weighted by Crippen LogP contribution is 2.46. The van der Waals surface area contributed by atoms with Crippen LogP contribution in [0.3, 0.4) is 0 Å². The van der Waals surface area contributed by atoms with E-state index in [4.69, 9.17) is 0 Å². The second kappa shape index (κ2) is 14.6. The molecule has 0 bridgehead atoms. The predicted molar refractivity (Wildman–Crippen MR) is 253 cm³/mol. The first kappa shape index (κ1) is 34.5. The number of fused-ring (bicyclic) bond motifs is 5. The Labute approximate surface area is 344 Å². The summed E-state index contributed by atoms with van der Waals surface area (Å²) in [5.41, 5.74) is 12.9. The summed E-state index contributed by atoms with van der Waals surface area (Å²) in [5, 5.41) is 9.95. The molecule has 11 aromatic carbocycles. The van der Waals surface area contributed by atoms with Crippen molar-refractivity contribution in [3.63, 3.8) is 0 Å². The normalized spacial score (nSPS) is 11.4. The van der Waals surface area contributed by atoms with E-state index in [0.717, 1.165) is 17.1 Å². The van der Waals surface area contributed by atoms with E-state index in [9.17, 15) is 0 Å². The minimum Gasteiger partial charge on any atom is -0.310 e. The molecule has 0 spiro atoms. The fraction of sp³-hybridized carbons (Fsp3) is 0. The van der Waals surface area contributed by atoms with Gasteiger partial charge in [-0.05, 0) is 130 Å². The minimum absolute atomic E-state index is 1.09. The van der Waals surface area contributed by atoms with Gasteiger partial charge < -0.3 is 4.90 Å². The molecule has 1 nitrogen and oxygen atoms in total. The molecule has 0 saturated heterocycles. The molecule has 1 heteroatoms. The van der Waals surface area contributed by atoms with Crippen molar-refractivity contribution in [2.45, 2.75) is 0 Å². The van der Waals surface area contributed by atoms with Gasteiger partial charge >= 0.3 is 0 Å². The topological polar surface area (TPSA) is 3.24 Å². The van der Waals surface area contributed by atoms with Gasteiger partial charge in [-0.25, -0.2) is 0 Å². The van der Waals surface area contributed by atoms with Crippen LogP contribution in [-0.4, -0.2) is 0 Å². The molecule has 0 aromatic heterocycles. The molecule has 0 radical (unpaired) electrons. The minimum atomic E-state index is 1.09. The summed E-state index contributed by atoms with van der Waals surface area (Å²) in [5.74, 6) is 0. The fourth-order valence-corrected chi connectivity index (χ4v) is 9.04. The molecule has 0 aliphatic carbocycles. The Balaban J connectivity index is 1.16. The van der Waals surface area contributed by atoms with Crippen molar-refractivity contribution in [3.05, 3.63) is 237 Å². The van der Waals surface area contributed by atoms with Gasteiger partial charge in [-0.2, -0.15) is 0 Å². The van der Waals surface area contributed by atoms with Gasteiger partial charge in [-0.15, -0.1) is 0 Å². The highest BCUT2D eigenvalue weighted by Gasteiger charge is 2.20. The van der Waals surface area contributed by atoms with Crippen molar-refractivity contribution in [2.75, 3.05) is 4.90 Å². The van der Waals surface area contributed by atoms with Crippen LogP contribution in [0.1, 0.15) is 0 Å². The van der Waals surface area contributed by atoms with Crippen molar-refractivity contribution in [3.8, 4) is 44.5 Å². The molecule has 0 aliphatic rings. The number of hydrogen-bond acceptors (Lipinski definition) is 1. The van der Waals surface area contributed by atoms with Gasteiger partial charge in [0.25, 0.3) is 0 Å². The van der Waals surface area contributed by atoms with E-state index in [0.29, 0.717) is 0 Å². The first-order valence-corrected chi connectivity index (χ1v) is 20.3. The van der Waals surface area contributed by atoms with Gasteiger partial charge in [0.15, 0.2) is 0 Å². The summed E-state index contributed by atoms with van der Waals surface area (Å²) < 4.78 is 0. The van der Waals surface area contributed by atoms with Gasteiger partial charge in [-0.1, -0.05) is 194 Å². The van der Waals surface area contributed by atoms with Crippen LogP contribution >= 0.6 is 0 Å². The third-order valence-electron chi connectivity index (χ3n) is 11.8. The van der Waals surface area contributed by atoms with Crippen LogP contribution in [0.4, 0.5) is 17.1 Å². The number of rotatable bonds is 7. The Hall–Kier alpha value is -7.74. The molecule has 11 aromatic rings. The Morgan fingerprint density at radius 2 is 0.712 bits per heavy atom. The molecular formula is C58H39N.